The number of hydrogen-bond donors (Lipinski definition) is 1. The van der Waals surface area contributed by atoms with Gasteiger partial charge in [0.25, 0.3) is 0 Å². The first kappa shape index (κ1) is 10.4. The van der Waals surface area contributed by atoms with Crippen molar-refractivity contribution in [3.8, 4) is 17.3 Å². The van der Waals surface area contributed by atoms with Crippen LogP contribution >= 0.6 is 0 Å². The second-order valence-corrected chi connectivity index (χ2v) is 3.69. The van der Waals surface area contributed by atoms with Crippen molar-refractivity contribution in [2.45, 2.75) is 0 Å². The number of nitrogen functional groups attached to an aromatic ring is 1. The molecule has 0 aromatic carbocycles. The zero-order valence-electron chi connectivity index (χ0n) is 9.59. The van der Waals surface area contributed by atoms with E-state index < -0.39 is 0 Å². The minimum Gasteiger partial charge on any atom is -0.368 e. The summed E-state index contributed by atoms with van der Waals surface area (Å²) in [5.41, 5.74) is 6.47. The van der Waals surface area contributed by atoms with Crippen LogP contribution in [0.15, 0.2) is 31.1 Å². The molecule has 2 N–H and O–H groups in total. The topological polar surface area (TPSA) is 100 Å². The molecule has 3 aromatic rings. The highest BCUT2D eigenvalue weighted by Gasteiger charge is 2.09. The smallest absolute Gasteiger partial charge is 0.240 e. The van der Waals surface area contributed by atoms with Gasteiger partial charge in [-0.05, 0) is 0 Å². The number of hydrogen-bond acceptors (Lipinski definition) is 6. The Morgan fingerprint density at radius 2 is 2.11 bits per heavy atom. The summed E-state index contributed by atoms with van der Waals surface area (Å²) < 4.78 is 3.34. The Morgan fingerprint density at radius 1 is 1.22 bits per heavy atom. The van der Waals surface area contributed by atoms with Gasteiger partial charge in [-0.2, -0.15) is 20.1 Å². The molecule has 0 atom stereocenters. The summed E-state index contributed by atoms with van der Waals surface area (Å²) in [6.45, 7) is 0. The third-order valence-corrected chi connectivity index (χ3v) is 2.34. The molecule has 0 fully saturated rings. The van der Waals surface area contributed by atoms with Crippen LogP contribution in [0.3, 0.4) is 0 Å². The van der Waals surface area contributed by atoms with Crippen LogP contribution in [0.2, 0.25) is 0 Å². The van der Waals surface area contributed by atoms with Crippen molar-refractivity contribution in [2.24, 2.45) is 7.05 Å². The normalized spacial score (nSPS) is 10.7. The third kappa shape index (κ3) is 1.79. The van der Waals surface area contributed by atoms with Crippen molar-refractivity contribution < 1.29 is 0 Å². The molecule has 0 aliphatic heterocycles. The second kappa shape index (κ2) is 3.91. The maximum absolute atomic E-state index is 5.69. The minimum atomic E-state index is 0.160. The minimum absolute atomic E-state index is 0.160. The van der Waals surface area contributed by atoms with Crippen LogP contribution < -0.4 is 5.73 Å². The first-order valence-corrected chi connectivity index (χ1v) is 5.21. The number of aromatic nitrogens is 7. The Labute approximate surface area is 102 Å². The highest BCUT2D eigenvalue weighted by molar-refractivity contribution is 5.54. The van der Waals surface area contributed by atoms with Gasteiger partial charge in [-0.1, -0.05) is 0 Å². The summed E-state index contributed by atoms with van der Waals surface area (Å²) in [7, 11) is 1.82. The molecule has 0 amide bonds. The largest absolute Gasteiger partial charge is 0.368 e. The van der Waals surface area contributed by atoms with E-state index in [0.717, 1.165) is 5.56 Å². The average Bonchev–Trinajstić information content (AvgIpc) is 2.98. The molecule has 0 bridgehead atoms. The maximum atomic E-state index is 5.69. The molecule has 0 aliphatic carbocycles. The molecule has 8 heteroatoms. The Hall–Kier alpha value is -2.77. The highest BCUT2D eigenvalue weighted by atomic mass is 15.3. The van der Waals surface area contributed by atoms with Gasteiger partial charge in [0.1, 0.15) is 6.33 Å². The molecule has 0 unspecified atom stereocenters. The van der Waals surface area contributed by atoms with Gasteiger partial charge in [-0.25, -0.2) is 4.98 Å². The van der Waals surface area contributed by atoms with Gasteiger partial charge in [0.2, 0.25) is 11.9 Å². The molecule has 8 nitrogen and oxygen atoms in total. The summed E-state index contributed by atoms with van der Waals surface area (Å²) in [6, 6.07) is 0. The van der Waals surface area contributed by atoms with Crippen LogP contribution in [0.5, 0.6) is 0 Å². The van der Waals surface area contributed by atoms with Crippen molar-refractivity contribution in [2.75, 3.05) is 5.73 Å². The summed E-state index contributed by atoms with van der Waals surface area (Å²) in [6.07, 6.45) is 8.46. The van der Waals surface area contributed by atoms with E-state index in [1.807, 2.05) is 13.2 Å². The Kier molecular flexibility index (Phi) is 2.26. The van der Waals surface area contributed by atoms with Crippen molar-refractivity contribution in [3.05, 3.63) is 31.1 Å². The SMILES string of the molecule is Cn1cc(-c2nc(N)nc(-n3ccnc3)n2)cn1. The zero-order chi connectivity index (χ0) is 12.5. The van der Waals surface area contributed by atoms with E-state index in [1.165, 1.54) is 0 Å². The van der Waals surface area contributed by atoms with Gasteiger partial charge in [0, 0.05) is 25.6 Å². The average molecular weight is 242 g/mol. The van der Waals surface area contributed by atoms with Crippen molar-refractivity contribution >= 4 is 5.95 Å². The summed E-state index contributed by atoms with van der Waals surface area (Å²) in [5.74, 6) is 1.07. The zero-order valence-corrected chi connectivity index (χ0v) is 9.59. The lowest BCUT2D eigenvalue weighted by atomic mass is 10.3. The molecule has 0 saturated heterocycles. The first-order valence-electron chi connectivity index (χ1n) is 5.21. The molecule has 3 heterocycles. The lowest BCUT2D eigenvalue weighted by Gasteiger charge is -2.03. The number of imidazole rings is 1. The molecule has 0 radical (unpaired) electrons. The van der Waals surface area contributed by atoms with E-state index in [0.29, 0.717) is 11.8 Å². The molecular formula is C10H10N8. The molecule has 3 rings (SSSR count). The number of nitrogens with zero attached hydrogens (tertiary/aromatic N) is 7. The van der Waals surface area contributed by atoms with Gasteiger partial charge in [-0.3, -0.25) is 9.25 Å². The number of aryl methyl sites for hydroxylation is 1. The lowest BCUT2D eigenvalue weighted by Crippen LogP contribution is -2.06. The number of anilines is 1. The van der Waals surface area contributed by atoms with Gasteiger partial charge >= 0.3 is 0 Å². The van der Waals surface area contributed by atoms with Gasteiger partial charge in [0.15, 0.2) is 5.82 Å². The van der Waals surface area contributed by atoms with Crippen molar-refractivity contribution in [1.29, 1.82) is 0 Å². The van der Waals surface area contributed by atoms with E-state index in [1.54, 1.807) is 34.2 Å². The molecule has 18 heavy (non-hydrogen) atoms. The van der Waals surface area contributed by atoms with Gasteiger partial charge in [0.05, 0.1) is 11.8 Å². The predicted molar refractivity (Wildman–Crippen MR) is 63.6 cm³/mol. The van der Waals surface area contributed by atoms with Crippen molar-refractivity contribution in [3.63, 3.8) is 0 Å². The summed E-state index contributed by atoms with van der Waals surface area (Å²) >= 11 is 0. The van der Waals surface area contributed by atoms with Crippen LogP contribution in [-0.4, -0.2) is 34.3 Å². The Balaban J connectivity index is 2.11. The fraction of sp³-hybridized carbons (Fsp3) is 0.100. The van der Waals surface area contributed by atoms with Crippen LogP contribution in [0.25, 0.3) is 17.3 Å². The van der Waals surface area contributed by atoms with Gasteiger partial charge in [-0.15, -0.1) is 0 Å². The molecule has 0 spiro atoms. The van der Waals surface area contributed by atoms with Crippen molar-refractivity contribution in [1.82, 2.24) is 34.3 Å². The lowest BCUT2D eigenvalue weighted by molar-refractivity contribution is 0.768. The molecule has 3 aromatic heterocycles. The van der Waals surface area contributed by atoms with Crippen LogP contribution in [0.4, 0.5) is 5.95 Å². The highest BCUT2D eigenvalue weighted by Crippen LogP contribution is 2.15. The van der Waals surface area contributed by atoms with Crippen LogP contribution in [0, 0.1) is 0 Å². The molecular weight excluding hydrogens is 232 g/mol. The molecule has 0 aliphatic rings. The molecule has 0 saturated carbocycles. The quantitative estimate of drug-likeness (QED) is 0.681. The summed E-state index contributed by atoms with van der Waals surface area (Å²) in [5, 5.41) is 4.07. The van der Waals surface area contributed by atoms with Crippen LogP contribution in [-0.2, 0) is 7.05 Å². The first-order chi connectivity index (χ1) is 8.72. The number of nitrogens with two attached hydrogens (primary N) is 1. The Morgan fingerprint density at radius 3 is 2.78 bits per heavy atom. The second-order valence-electron chi connectivity index (χ2n) is 3.69. The number of rotatable bonds is 2. The fourth-order valence-electron chi connectivity index (χ4n) is 1.54. The predicted octanol–water partition coefficient (Wildman–Crippen LogP) is 0.0400. The van der Waals surface area contributed by atoms with Gasteiger partial charge < -0.3 is 5.73 Å². The van der Waals surface area contributed by atoms with E-state index in [9.17, 15) is 0 Å². The molecule has 90 valence electrons. The monoisotopic (exact) mass is 242 g/mol. The summed E-state index contributed by atoms with van der Waals surface area (Å²) in [4.78, 5) is 16.4. The van der Waals surface area contributed by atoms with E-state index in [2.05, 4.69) is 25.0 Å². The third-order valence-electron chi connectivity index (χ3n) is 2.34. The van der Waals surface area contributed by atoms with Crippen LogP contribution in [0.1, 0.15) is 0 Å². The fourth-order valence-corrected chi connectivity index (χ4v) is 1.54. The van der Waals surface area contributed by atoms with E-state index >= 15 is 0 Å². The standard InChI is InChI=1S/C10H10N8/c1-17-5-7(4-13-17)8-14-9(11)16-10(15-8)18-3-2-12-6-18/h2-6H,1H3,(H2,11,14,15,16). The maximum Gasteiger partial charge on any atom is 0.240 e. The van der Waals surface area contributed by atoms with E-state index in [-0.39, 0.29) is 5.95 Å². The Bertz CT molecular complexity index is 669. The van der Waals surface area contributed by atoms with E-state index in [4.69, 9.17) is 5.73 Å².